The summed E-state index contributed by atoms with van der Waals surface area (Å²) in [6, 6.07) is 7.05. The largest absolute Gasteiger partial charge is 0.394 e. The normalized spacial score (nSPS) is 16.9. The SMILES string of the molecule is CC[C@@H](CO)NC(=O)C(C)(CCCCI)NC(=O)c1ccc(-c2csc(N3CCN(C)CC3)n2)cc1. The van der Waals surface area contributed by atoms with Gasteiger partial charge in [-0.05, 0) is 56.2 Å². The van der Waals surface area contributed by atoms with Gasteiger partial charge in [-0.3, -0.25) is 9.59 Å². The first kappa shape index (κ1) is 28.8. The number of aliphatic hydroxyl groups is 1. The minimum atomic E-state index is -1.06. The minimum Gasteiger partial charge on any atom is -0.394 e. The number of thiazole rings is 1. The number of carbonyl (C=O) groups is 2. The van der Waals surface area contributed by atoms with E-state index in [0.717, 1.165) is 59.8 Å². The monoisotopic (exact) mass is 627 g/mol. The first-order valence-corrected chi connectivity index (χ1v) is 15.0. The number of rotatable bonds is 12. The number of unbranched alkanes of at least 4 members (excludes halogenated alkanes) is 1. The summed E-state index contributed by atoms with van der Waals surface area (Å²) in [5, 5.41) is 18.5. The number of alkyl halides is 1. The summed E-state index contributed by atoms with van der Waals surface area (Å²) < 4.78 is 0.992. The quantitative estimate of drug-likeness (QED) is 0.189. The van der Waals surface area contributed by atoms with Crippen LogP contribution in [0.4, 0.5) is 5.13 Å². The van der Waals surface area contributed by atoms with Crippen molar-refractivity contribution < 1.29 is 14.7 Å². The molecule has 1 fully saturated rings. The van der Waals surface area contributed by atoms with Crippen LogP contribution in [0, 0.1) is 0 Å². The summed E-state index contributed by atoms with van der Waals surface area (Å²) in [6.07, 6.45) is 2.94. The molecular weight excluding hydrogens is 589 g/mol. The van der Waals surface area contributed by atoms with Gasteiger partial charge in [0, 0.05) is 42.7 Å². The number of likely N-dealkylation sites (N-methyl/N-ethyl adjacent to an activating group) is 1. The number of nitrogens with zero attached hydrogens (tertiary/aromatic N) is 3. The molecule has 10 heteroatoms. The molecule has 36 heavy (non-hydrogen) atoms. The van der Waals surface area contributed by atoms with Gasteiger partial charge in [0.2, 0.25) is 5.91 Å². The van der Waals surface area contributed by atoms with Crippen LogP contribution in [-0.4, -0.2) is 82.6 Å². The predicted octanol–water partition coefficient (Wildman–Crippen LogP) is 3.54. The zero-order chi connectivity index (χ0) is 26.1. The van der Waals surface area contributed by atoms with Crippen LogP contribution in [0.25, 0.3) is 11.3 Å². The number of anilines is 1. The highest BCUT2D eigenvalue weighted by molar-refractivity contribution is 14.1. The summed E-state index contributed by atoms with van der Waals surface area (Å²) in [5.74, 6) is -0.553. The number of nitrogens with one attached hydrogen (secondary N) is 2. The van der Waals surface area contributed by atoms with E-state index in [2.05, 4.69) is 55.5 Å². The van der Waals surface area contributed by atoms with Crippen molar-refractivity contribution in [2.45, 2.75) is 51.1 Å². The van der Waals surface area contributed by atoms with Crippen LogP contribution in [0.1, 0.15) is 49.9 Å². The fourth-order valence-corrected chi connectivity index (χ4v) is 5.51. The lowest BCUT2D eigenvalue weighted by Crippen LogP contribution is -2.58. The Kier molecular flexibility index (Phi) is 11.0. The maximum absolute atomic E-state index is 13.1. The molecule has 2 aromatic rings. The van der Waals surface area contributed by atoms with Crippen molar-refractivity contribution in [3.63, 3.8) is 0 Å². The molecule has 2 amide bonds. The first-order chi connectivity index (χ1) is 17.3. The van der Waals surface area contributed by atoms with Crippen molar-refractivity contribution in [2.24, 2.45) is 0 Å². The topological polar surface area (TPSA) is 97.8 Å². The number of aliphatic hydroxyl groups excluding tert-OH is 1. The molecule has 1 aromatic heterocycles. The van der Waals surface area contributed by atoms with Crippen LogP contribution in [0.15, 0.2) is 29.6 Å². The zero-order valence-corrected chi connectivity index (χ0v) is 24.4. The molecule has 0 saturated carbocycles. The fourth-order valence-electron chi connectivity index (χ4n) is 4.08. The minimum absolute atomic E-state index is 0.130. The summed E-state index contributed by atoms with van der Waals surface area (Å²) in [6.45, 7) is 7.56. The van der Waals surface area contributed by atoms with Crippen LogP contribution < -0.4 is 15.5 Å². The molecule has 198 valence electrons. The Morgan fingerprint density at radius 3 is 2.50 bits per heavy atom. The van der Waals surface area contributed by atoms with E-state index in [-0.39, 0.29) is 24.5 Å². The zero-order valence-electron chi connectivity index (χ0n) is 21.4. The van der Waals surface area contributed by atoms with E-state index < -0.39 is 5.54 Å². The Morgan fingerprint density at radius 2 is 1.89 bits per heavy atom. The lowest BCUT2D eigenvalue weighted by molar-refractivity contribution is -0.128. The molecule has 0 spiro atoms. The van der Waals surface area contributed by atoms with E-state index >= 15 is 0 Å². The fraction of sp³-hybridized carbons (Fsp3) is 0.577. The van der Waals surface area contributed by atoms with Gasteiger partial charge < -0.3 is 25.5 Å². The van der Waals surface area contributed by atoms with E-state index in [0.29, 0.717) is 18.4 Å². The van der Waals surface area contributed by atoms with E-state index in [9.17, 15) is 14.7 Å². The van der Waals surface area contributed by atoms with Crippen LogP contribution in [0.3, 0.4) is 0 Å². The average molecular weight is 628 g/mol. The van der Waals surface area contributed by atoms with Gasteiger partial charge in [-0.2, -0.15) is 0 Å². The maximum Gasteiger partial charge on any atom is 0.252 e. The number of carbonyl (C=O) groups excluding carboxylic acids is 2. The van der Waals surface area contributed by atoms with Gasteiger partial charge in [-0.25, -0.2) is 4.98 Å². The number of aromatic nitrogens is 1. The van der Waals surface area contributed by atoms with E-state index in [1.807, 2.05) is 19.1 Å². The van der Waals surface area contributed by atoms with Gasteiger partial charge in [-0.1, -0.05) is 41.6 Å². The number of hydrogen-bond acceptors (Lipinski definition) is 7. The highest BCUT2D eigenvalue weighted by Gasteiger charge is 2.35. The number of benzene rings is 1. The summed E-state index contributed by atoms with van der Waals surface area (Å²) in [4.78, 5) is 35.7. The van der Waals surface area contributed by atoms with E-state index in [1.165, 1.54) is 0 Å². The van der Waals surface area contributed by atoms with E-state index in [1.54, 1.807) is 30.4 Å². The smallest absolute Gasteiger partial charge is 0.252 e. The third-order valence-electron chi connectivity index (χ3n) is 6.71. The Balaban J connectivity index is 1.68. The second-order valence-corrected chi connectivity index (χ2v) is 11.5. The Morgan fingerprint density at radius 1 is 1.19 bits per heavy atom. The highest BCUT2D eigenvalue weighted by Crippen LogP contribution is 2.28. The molecule has 0 radical (unpaired) electrons. The molecule has 2 atom stereocenters. The lowest BCUT2D eigenvalue weighted by atomic mass is 9.92. The molecule has 8 nitrogen and oxygen atoms in total. The number of amides is 2. The third-order valence-corrected chi connectivity index (χ3v) is 8.37. The molecule has 2 heterocycles. The molecule has 1 aliphatic heterocycles. The van der Waals surface area contributed by atoms with Crippen molar-refractivity contribution in [1.82, 2.24) is 20.5 Å². The van der Waals surface area contributed by atoms with Crippen LogP contribution in [-0.2, 0) is 4.79 Å². The Bertz CT molecular complexity index is 990. The van der Waals surface area contributed by atoms with Crippen LogP contribution in [0.5, 0.6) is 0 Å². The first-order valence-electron chi connectivity index (χ1n) is 12.6. The Hall–Kier alpha value is -1.76. The van der Waals surface area contributed by atoms with Gasteiger partial charge in [0.05, 0.1) is 18.3 Å². The molecule has 3 N–H and O–H groups in total. The number of piperazine rings is 1. The molecule has 0 bridgehead atoms. The molecule has 3 rings (SSSR count). The number of halogens is 1. The lowest BCUT2D eigenvalue weighted by Gasteiger charge is -2.32. The molecule has 1 aromatic carbocycles. The summed E-state index contributed by atoms with van der Waals surface area (Å²) in [5.41, 5.74) is 1.30. The standard InChI is InChI=1S/C26H38IN5O3S/c1-4-21(17-33)28-24(35)26(2,11-5-6-12-27)30-23(34)20-9-7-19(8-10-20)22-18-36-25(29-22)32-15-13-31(3)14-16-32/h7-10,18,21,33H,4-6,11-17H2,1-3H3,(H,28,35)(H,30,34)/t21-,26?/m0/s1. The van der Waals surface area contributed by atoms with Gasteiger partial charge >= 0.3 is 0 Å². The second-order valence-electron chi connectivity index (χ2n) is 9.58. The van der Waals surface area contributed by atoms with Crippen LogP contribution >= 0.6 is 33.9 Å². The number of hydrogen-bond donors (Lipinski definition) is 3. The van der Waals surface area contributed by atoms with Gasteiger partial charge in [0.15, 0.2) is 5.13 Å². The predicted molar refractivity (Wildman–Crippen MR) is 155 cm³/mol. The van der Waals surface area contributed by atoms with Gasteiger partial charge in [0.1, 0.15) is 5.54 Å². The van der Waals surface area contributed by atoms with E-state index in [4.69, 9.17) is 4.98 Å². The highest BCUT2D eigenvalue weighted by atomic mass is 127. The molecule has 0 aliphatic carbocycles. The average Bonchev–Trinajstić information content (AvgIpc) is 3.38. The molecule has 1 aliphatic rings. The summed E-state index contributed by atoms with van der Waals surface area (Å²) >= 11 is 3.96. The van der Waals surface area contributed by atoms with Crippen molar-refractivity contribution in [1.29, 1.82) is 0 Å². The van der Waals surface area contributed by atoms with Crippen molar-refractivity contribution in [3.05, 3.63) is 35.2 Å². The molecule has 1 saturated heterocycles. The summed E-state index contributed by atoms with van der Waals surface area (Å²) in [7, 11) is 2.14. The maximum atomic E-state index is 13.1. The Labute approximate surface area is 232 Å². The second kappa shape index (κ2) is 13.7. The van der Waals surface area contributed by atoms with Gasteiger partial charge in [-0.15, -0.1) is 11.3 Å². The van der Waals surface area contributed by atoms with Crippen molar-refractivity contribution >= 4 is 50.9 Å². The van der Waals surface area contributed by atoms with Gasteiger partial charge in [0.25, 0.3) is 5.91 Å². The third kappa shape index (κ3) is 7.62. The van der Waals surface area contributed by atoms with Crippen molar-refractivity contribution in [2.75, 3.05) is 49.2 Å². The van der Waals surface area contributed by atoms with Crippen molar-refractivity contribution in [3.8, 4) is 11.3 Å². The van der Waals surface area contributed by atoms with Crippen LogP contribution in [0.2, 0.25) is 0 Å². The molecular formula is C26H38IN5O3S. The molecule has 1 unspecified atom stereocenters.